The largest absolute Gasteiger partial charge is 0.457 e. The van der Waals surface area contributed by atoms with Gasteiger partial charge in [0.15, 0.2) is 0 Å². The summed E-state index contributed by atoms with van der Waals surface area (Å²) in [5.41, 5.74) is 6.74. The average Bonchev–Trinajstić information content (AvgIpc) is 3.04. The van der Waals surface area contributed by atoms with Crippen molar-refractivity contribution in [3.05, 3.63) is 70.5 Å². The van der Waals surface area contributed by atoms with Crippen molar-refractivity contribution in [3.8, 4) is 11.5 Å². The second-order valence-corrected chi connectivity index (χ2v) is 6.46. The van der Waals surface area contributed by atoms with Gasteiger partial charge in [-0.2, -0.15) is 0 Å². The molecule has 8 heteroatoms. The van der Waals surface area contributed by atoms with E-state index in [9.17, 15) is 4.79 Å². The molecule has 0 aliphatic carbocycles. The van der Waals surface area contributed by atoms with Gasteiger partial charge in [0.2, 0.25) is 0 Å². The smallest absolute Gasteiger partial charge is 0.271 e. The van der Waals surface area contributed by atoms with Gasteiger partial charge in [-0.1, -0.05) is 18.2 Å². The van der Waals surface area contributed by atoms with Crippen LogP contribution in [0, 0.1) is 0 Å². The fraction of sp³-hybridized carbons (Fsp3) is 0.158. The molecule has 0 atom stereocenters. The number of aromatic nitrogens is 1. The number of benzene rings is 2. The Balaban J connectivity index is 1.72. The molecule has 3 aromatic rings. The van der Waals surface area contributed by atoms with Gasteiger partial charge in [0.05, 0.1) is 0 Å². The topological polar surface area (TPSA) is 113 Å². The second kappa shape index (κ2) is 9.02. The van der Waals surface area contributed by atoms with Crippen LogP contribution in [0.1, 0.15) is 12.0 Å². The number of rotatable bonds is 8. The van der Waals surface area contributed by atoms with E-state index in [1.807, 2.05) is 54.6 Å². The number of nitrogens with two attached hydrogens (primary N) is 1. The Morgan fingerprint density at radius 3 is 2.56 bits per heavy atom. The van der Waals surface area contributed by atoms with Gasteiger partial charge in [-0.25, -0.2) is 0 Å². The third kappa shape index (κ3) is 4.96. The van der Waals surface area contributed by atoms with Gasteiger partial charge in [-0.3, -0.25) is 14.2 Å². The van der Waals surface area contributed by atoms with Crippen LogP contribution in [-0.4, -0.2) is 28.5 Å². The lowest BCUT2D eigenvalue weighted by Crippen LogP contribution is -2.22. The fourth-order valence-electron chi connectivity index (χ4n) is 2.33. The van der Waals surface area contributed by atoms with Crippen LogP contribution in [0.4, 0.5) is 10.7 Å². The summed E-state index contributed by atoms with van der Waals surface area (Å²) in [4.78, 5) is 16.2. The normalized spacial score (nSPS) is 11.4. The number of nitrogens with one attached hydrogen (secondary N) is 2. The van der Waals surface area contributed by atoms with Crippen molar-refractivity contribution in [2.24, 2.45) is 10.7 Å². The van der Waals surface area contributed by atoms with Gasteiger partial charge >= 0.3 is 0 Å². The molecule has 3 rings (SSSR count). The maximum atomic E-state index is 12.0. The molecule has 0 fully saturated rings. The predicted molar refractivity (Wildman–Crippen MR) is 108 cm³/mol. The highest BCUT2D eigenvalue weighted by atomic mass is 32.1. The fourth-order valence-corrected chi connectivity index (χ4v) is 3.10. The van der Waals surface area contributed by atoms with Crippen molar-refractivity contribution >= 4 is 28.1 Å². The van der Waals surface area contributed by atoms with Crippen LogP contribution in [0.3, 0.4) is 0 Å². The number of amidine groups is 1. The molecule has 0 saturated carbocycles. The van der Waals surface area contributed by atoms with Crippen LogP contribution in [0.2, 0.25) is 0 Å². The molecule has 27 heavy (non-hydrogen) atoms. The van der Waals surface area contributed by atoms with Crippen LogP contribution in [0.5, 0.6) is 11.5 Å². The molecule has 0 aliphatic heterocycles. The number of anilines is 2. The summed E-state index contributed by atoms with van der Waals surface area (Å²) >= 11 is 1.16. The second-order valence-electron chi connectivity index (χ2n) is 5.65. The Kier molecular flexibility index (Phi) is 6.24. The summed E-state index contributed by atoms with van der Waals surface area (Å²) in [5, 5.41) is 12.6. The molecule has 0 unspecified atom stereocenters. The van der Waals surface area contributed by atoms with Crippen LogP contribution < -0.4 is 21.3 Å². The van der Waals surface area contributed by atoms with E-state index in [1.54, 1.807) is 0 Å². The third-order valence-corrected chi connectivity index (χ3v) is 4.44. The van der Waals surface area contributed by atoms with Crippen molar-refractivity contribution in [1.82, 2.24) is 4.37 Å². The minimum atomic E-state index is -0.295. The van der Waals surface area contributed by atoms with Crippen LogP contribution >= 0.6 is 11.5 Å². The predicted octanol–water partition coefficient (Wildman–Crippen LogP) is 3.06. The van der Waals surface area contributed by atoms with Gasteiger partial charge in [0.25, 0.3) is 5.56 Å². The molecule has 5 N–H and O–H groups in total. The first-order valence-electron chi connectivity index (χ1n) is 8.40. The summed E-state index contributed by atoms with van der Waals surface area (Å²) in [5.74, 6) is 1.62. The maximum absolute atomic E-state index is 12.0. The summed E-state index contributed by atoms with van der Waals surface area (Å²) in [6.45, 7) is 0.391. The number of ether oxygens (including phenoxy) is 1. The molecule has 0 amide bonds. The number of nitrogens with zero attached hydrogens (tertiary/aromatic N) is 1. The van der Waals surface area contributed by atoms with Crippen molar-refractivity contribution < 1.29 is 9.84 Å². The summed E-state index contributed by atoms with van der Waals surface area (Å²) in [6, 6.07) is 16.9. The van der Waals surface area contributed by atoms with Gasteiger partial charge in [0.1, 0.15) is 27.9 Å². The summed E-state index contributed by atoms with van der Waals surface area (Å²) in [7, 11) is 0. The standard InChI is InChI=1S/C19H20N4O3S/c20-17(21-11-4-12-24)16-18(25)23-27-19(16)22-13-7-9-15(10-8-13)26-14-5-2-1-3-6-14/h1-3,5-10,22,24H,4,11-12H2,(H2,20,21)(H,23,25). The van der Waals surface area contributed by atoms with E-state index in [-0.39, 0.29) is 18.0 Å². The lowest BCUT2D eigenvalue weighted by atomic mass is 10.2. The van der Waals surface area contributed by atoms with E-state index in [4.69, 9.17) is 15.6 Å². The van der Waals surface area contributed by atoms with E-state index in [0.29, 0.717) is 29.3 Å². The SMILES string of the molecule is NC(=NCCCO)c1c(Nc2ccc(Oc3ccccc3)cc2)s[nH]c1=O. The zero-order valence-corrected chi connectivity index (χ0v) is 15.3. The highest BCUT2D eigenvalue weighted by Gasteiger charge is 2.14. The van der Waals surface area contributed by atoms with E-state index < -0.39 is 0 Å². The molecular weight excluding hydrogens is 364 g/mol. The number of aromatic amines is 1. The van der Waals surface area contributed by atoms with Crippen LogP contribution in [0.15, 0.2) is 64.4 Å². The Labute approximate surface area is 160 Å². The van der Waals surface area contributed by atoms with Crippen molar-refractivity contribution in [2.45, 2.75) is 6.42 Å². The molecule has 0 spiro atoms. The van der Waals surface area contributed by atoms with Gasteiger partial charge in [-0.05, 0) is 54.4 Å². The number of para-hydroxylation sites is 1. The number of aliphatic hydroxyl groups is 1. The number of aliphatic hydroxyl groups excluding tert-OH is 1. The summed E-state index contributed by atoms with van der Waals surface area (Å²) in [6.07, 6.45) is 0.494. The number of hydrogen-bond acceptors (Lipinski definition) is 6. The van der Waals surface area contributed by atoms with Crippen LogP contribution in [-0.2, 0) is 0 Å². The molecule has 2 aromatic carbocycles. The molecule has 0 saturated heterocycles. The Morgan fingerprint density at radius 1 is 1.15 bits per heavy atom. The Hall–Kier alpha value is -3.10. The minimum Gasteiger partial charge on any atom is -0.457 e. The minimum absolute atomic E-state index is 0.0271. The first-order chi connectivity index (χ1) is 13.2. The first-order valence-corrected chi connectivity index (χ1v) is 9.21. The molecule has 140 valence electrons. The van der Waals surface area contributed by atoms with Crippen molar-refractivity contribution in [3.63, 3.8) is 0 Å². The van der Waals surface area contributed by atoms with Crippen molar-refractivity contribution in [2.75, 3.05) is 18.5 Å². The number of aliphatic imine (C=N–C) groups is 1. The zero-order valence-electron chi connectivity index (χ0n) is 14.5. The van der Waals surface area contributed by atoms with E-state index >= 15 is 0 Å². The van der Waals surface area contributed by atoms with Gasteiger partial charge in [-0.15, -0.1) is 0 Å². The Bertz CT molecular complexity index is 949. The van der Waals surface area contributed by atoms with E-state index in [1.165, 1.54) is 0 Å². The van der Waals surface area contributed by atoms with E-state index in [2.05, 4.69) is 14.7 Å². The van der Waals surface area contributed by atoms with Gasteiger partial charge in [0, 0.05) is 18.8 Å². The van der Waals surface area contributed by atoms with Crippen LogP contribution in [0.25, 0.3) is 0 Å². The number of hydrogen-bond donors (Lipinski definition) is 4. The Morgan fingerprint density at radius 2 is 1.85 bits per heavy atom. The molecule has 0 bridgehead atoms. The molecule has 1 heterocycles. The highest BCUT2D eigenvalue weighted by Crippen LogP contribution is 2.26. The van der Waals surface area contributed by atoms with E-state index in [0.717, 1.165) is 23.0 Å². The first kappa shape index (κ1) is 18.7. The maximum Gasteiger partial charge on any atom is 0.271 e. The molecule has 1 aromatic heterocycles. The quantitative estimate of drug-likeness (QED) is 0.271. The lowest BCUT2D eigenvalue weighted by Gasteiger charge is -2.08. The molecular formula is C19H20N4O3S. The average molecular weight is 384 g/mol. The van der Waals surface area contributed by atoms with Crippen molar-refractivity contribution in [1.29, 1.82) is 0 Å². The molecule has 0 radical (unpaired) electrons. The lowest BCUT2D eigenvalue weighted by molar-refractivity contribution is 0.291. The third-order valence-electron chi connectivity index (χ3n) is 3.65. The number of H-pyrrole nitrogens is 1. The highest BCUT2D eigenvalue weighted by molar-refractivity contribution is 7.10. The monoisotopic (exact) mass is 384 g/mol. The summed E-state index contributed by atoms with van der Waals surface area (Å²) < 4.78 is 8.43. The molecule has 0 aliphatic rings. The molecule has 7 nitrogen and oxygen atoms in total. The zero-order chi connectivity index (χ0) is 19.1. The van der Waals surface area contributed by atoms with Gasteiger partial charge < -0.3 is 20.9 Å².